The molecule has 2 N–H and O–H groups in total. The van der Waals surface area contributed by atoms with Crippen LogP contribution in [0.2, 0.25) is 5.02 Å². The highest BCUT2D eigenvalue weighted by Gasteiger charge is 2.08. The average molecular weight is 301 g/mol. The number of hydrogen-bond donors (Lipinski definition) is 2. The third-order valence-electron chi connectivity index (χ3n) is 1.86. The Morgan fingerprint density at radius 1 is 1.50 bits per heavy atom. The van der Waals surface area contributed by atoms with Crippen molar-refractivity contribution in [3.05, 3.63) is 45.8 Å². The van der Waals surface area contributed by atoms with Gasteiger partial charge in [0.1, 0.15) is 11.5 Å². The number of halogens is 2. The first-order valence-electron chi connectivity index (χ1n) is 4.42. The molecular weight excluding hydrogens is 293 g/mol. The second-order valence-corrected chi connectivity index (χ2v) is 4.40. The second-order valence-electron chi connectivity index (χ2n) is 3.05. The summed E-state index contributed by atoms with van der Waals surface area (Å²) in [5, 5.41) is 3.13. The Morgan fingerprint density at radius 2 is 2.31 bits per heavy atom. The quantitative estimate of drug-likeness (QED) is 0.895. The van der Waals surface area contributed by atoms with Crippen LogP contribution in [0.3, 0.4) is 0 Å². The minimum atomic E-state index is -0.276. The van der Waals surface area contributed by atoms with Gasteiger partial charge in [-0.15, -0.1) is 0 Å². The zero-order valence-corrected chi connectivity index (χ0v) is 10.3. The van der Waals surface area contributed by atoms with E-state index in [0.717, 1.165) is 4.47 Å². The number of aromatic nitrogens is 2. The molecule has 0 saturated heterocycles. The molecule has 0 saturated carbocycles. The Morgan fingerprint density at radius 3 is 2.88 bits per heavy atom. The molecule has 2 aromatic heterocycles. The van der Waals surface area contributed by atoms with Crippen molar-refractivity contribution in [3.63, 3.8) is 0 Å². The van der Waals surface area contributed by atoms with Crippen molar-refractivity contribution < 1.29 is 4.79 Å². The molecule has 6 heteroatoms. The van der Waals surface area contributed by atoms with Crippen molar-refractivity contribution in [1.82, 2.24) is 9.97 Å². The zero-order valence-electron chi connectivity index (χ0n) is 8.00. The van der Waals surface area contributed by atoms with Gasteiger partial charge in [-0.05, 0) is 34.1 Å². The normalized spacial score (nSPS) is 10.1. The van der Waals surface area contributed by atoms with Crippen LogP contribution in [-0.2, 0) is 0 Å². The summed E-state index contributed by atoms with van der Waals surface area (Å²) in [6, 6.07) is 5.05. The topological polar surface area (TPSA) is 57.8 Å². The lowest BCUT2D eigenvalue weighted by molar-refractivity contribution is 0.102. The van der Waals surface area contributed by atoms with Crippen LogP contribution in [0.5, 0.6) is 0 Å². The molecule has 0 aromatic carbocycles. The first kappa shape index (κ1) is 11.2. The monoisotopic (exact) mass is 299 g/mol. The summed E-state index contributed by atoms with van der Waals surface area (Å²) in [4.78, 5) is 18.4. The summed E-state index contributed by atoms with van der Waals surface area (Å²) in [5.74, 6) is 0.209. The number of nitrogens with one attached hydrogen (secondary N) is 2. The standard InChI is InChI=1S/C10H7BrClN3O/c11-6-1-2-9(14-4-6)15-10(16)8-3-7(12)5-13-8/h1-5,13H,(H,14,15,16). The van der Waals surface area contributed by atoms with Gasteiger partial charge in [-0.25, -0.2) is 4.98 Å². The fourth-order valence-electron chi connectivity index (χ4n) is 1.13. The Labute approximate surface area is 105 Å². The van der Waals surface area contributed by atoms with Gasteiger partial charge in [0.2, 0.25) is 0 Å². The maximum absolute atomic E-state index is 11.7. The van der Waals surface area contributed by atoms with Crippen molar-refractivity contribution in [3.8, 4) is 0 Å². The molecule has 0 aliphatic heterocycles. The van der Waals surface area contributed by atoms with Gasteiger partial charge in [0, 0.05) is 16.9 Å². The van der Waals surface area contributed by atoms with Gasteiger partial charge >= 0.3 is 0 Å². The number of rotatable bonds is 2. The summed E-state index contributed by atoms with van der Waals surface area (Å²) in [5.41, 5.74) is 0.398. The van der Waals surface area contributed by atoms with E-state index in [0.29, 0.717) is 16.5 Å². The molecular formula is C10H7BrClN3O. The summed E-state index contributed by atoms with van der Waals surface area (Å²) in [6.45, 7) is 0. The molecule has 4 nitrogen and oxygen atoms in total. The highest BCUT2D eigenvalue weighted by atomic mass is 79.9. The summed E-state index contributed by atoms with van der Waals surface area (Å²) >= 11 is 8.96. The molecule has 2 heterocycles. The van der Waals surface area contributed by atoms with Crippen LogP contribution in [0.1, 0.15) is 10.5 Å². The van der Waals surface area contributed by atoms with E-state index in [2.05, 4.69) is 31.2 Å². The van der Waals surface area contributed by atoms with Gasteiger partial charge < -0.3 is 10.3 Å². The Hall–Kier alpha value is -1.33. The maximum atomic E-state index is 11.7. The van der Waals surface area contributed by atoms with E-state index in [-0.39, 0.29) is 5.91 Å². The van der Waals surface area contributed by atoms with Gasteiger partial charge in [0.25, 0.3) is 5.91 Å². The number of aromatic amines is 1. The van der Waals surface area contributed by atoms with E-state index in [1.54, 1.807) is 30.6 Å². The largest absolute Gasteiger partial charge is 0.356 e. The van der Waals surface area contributed by atoms with Crippen molar-refractivity contribution >= 4 is 39.3 Å². The number of hydrogen-bond acceptors (Lipinski definition) is 2. The number of nitrogens with zero attached hydrogens (tertiary/aromatic N) is 1. The van der Waals surface area contributed by atoms with Crippen LogP contribution in [0.25, 0.3) is 0 Å². The average Bonchev–Trinajstić information content (AvgIpc) is 2.68. The van der Waals surface area contributed by atoms with Crippen molar-refractivity contribution in [1.29, 1.82) is 0 Å². The predicted molar refractivity (Wildman–Crippen MR) is 65.7 cm³/mol. The van der Waals surface area contributed by atoms with Crippen LogP contribution < -0.4 is 5.32 Å². The first-order valence-corrected chi connectivity index (χ1v) is 5.59. The minimum Gasteiger partial charge on any atom is -0.356 e. The molecule has 0 fully saturated rings. The Balaban J connectivity index is 2.10. The Bertz CT molecular complexity index is 509. The molecule has 0 aliphatic rings. The van der Waals surface area contributed by atoms with E-state index >= 15 is 0 Å². The first-order chi connectivity index (χ1) is 7.65. The molecule has 82 valence electrons. The molecule has 2 rings (SSSR count). The van der Waals surface area contributed by atoms with Gasteiger partial charge in [0.15, 0.2) is 0 Å². The maximum Gasteiger partial charge on any atom is 0.273 e. The number of pyridine rings is 1. The summed E-state index contributed by atoms with van der Waals surface area (Å²) in [7, 11) is 0. The Kier molecular flexibility index (Phi) is 3.26. The van der Waals surface area contributed by atoms with Gasteiger partial charge in [-0.1, -0.05) is 11.6 Å². The molecule has 0 spiro atoms. The number of amides is 1. The SMILES string of the molecule is O=C(Nc1ccc(Br)cn1)c1cc(Cl)c[nH]1. The number of anilines is 1. The zero-order chi connectivity index (χ0) is 11.5. The van der Waals surface area contributed by atoms with E-state index < -0.39 is 0 Å². The van der Waals surface area contributed by atoms with Gasteiger partial charge in [-0.2, -0.15) is 0 Å². The smallest absolute Gasteiger partial charge is 0.273 e. The highest BCUT2D eigenvalue weighted by Crippen LogP contribution is 2.13. The molecule has 0 radical (unpaired) electrons. The number of H-pyrrole nitrogens is 1. The molecule has 0 bridgehead atoms. The molecule has 0 atom stereocenters. The van der Waals surface area contributed by atoms with Crippen molar-refractivity contribution in [2.24, 2.45) is 0 Å². The number of carbonyl (C=O) groups is 1. The predicted octanol–water partition coefficient (Wildman–Crippen LogP) is 3.08. The third-order valence-corrected chi connectivity index (χ3v) is 2.55. The minimum absolute atomic E-state index is 0.276. The molecule has 2 aromatic rings. The number of carbonyl (C=O) groups excluding carboxylic acids is 1. The van der Waals surface area contributed by atoms with E-state index in [4.69, 9.17) is 11.6 Å². The molecule has 0 unspecified atom stereocenters. The van der Waals surface area contributed by atoms with E-state index in [1.165, 1.54) is 0 Å². The lowest BCUT2D eigenvalue weighted by Crippen LogP contribution is -2.12. The van der Waals surface area contributed by atoms with E-state index in [1.807, 2.05) is 0 Å². The second kappa shape index (κ2) is 4.67. The fourth-order valence-corrected chi connectivity index (χ4v) is 1.53. The van der Waals surface area contributed by atoms with Crippen LogP contribution in [0.15, 0.2) is 35.1 Å². The van der Waals surface area contributed by atoms with Gasteiger partial charge in [-0.3, -0.25) is 4.79 Å². The van der Waals surface area contributed by atoms with Crippen molar-refractivity contribution in [2.45, 2.75) is 0 Å². The summed E-state index contributed by atoms with van der Waals surface area (Å²) in [6.07, 6.45) is 3.16. The lowest BCUT2D eigenvalue weighted by atomic mass is 10.4. The van der Waals surface area contributed by atoms with E-state index in [9.17, 15) is 4.79 Å². The molecule has 1 amide bonds. The lowest BCUT2D eigenvalue weighted by Gasteiger charge is -2.02. The van der Waals surface area contributed by atoms with Crippen molar-refractivity contribution in [2.75, 3.05) is 5.32 Å². The highest BCUT2D eigenvalue weighted by molar-refractivity contribution is 9.10. The van der Waals surface area contributed by atoms with Crippen LogP contribution >= 0.6 is 27.5 Å². The van der Waals surface area contributed by atoms with Crippen LogP contribution in [-0.4, -0.2) is 15.9 Å². The van der Waals surface area contributed by atoms with Crippen LogP contribution in [0, 0.1) is 0 Å². The van der Waals surface area contributed by atoms with Crippen LogP contribution in [0.4, 0.5) is 5.82 Å². The third kappa shape index (κ3) is 2.62. The van der Waals surface area contributed by atoms with Gasteiger partial charge in [0.05, 0.1) is 5.02 Å². The fraction of sp³-hybridized carbons (Fsp3) is 0. The summed E-state index contributed by atoms with van der Waals surface area (Å²) < 4.78 is 0.855. The molecule has 16 heavy (non-hydrogen) atoms. The molecule has 0 aliphatic carbocycles.